The number of H-pyrrole nitrogens is 1. The fourth-order valence-corrected chi connectivity index (χ4v) is 2.42. The average molecular weight is 318 g/mol. The van der Waals surface area contributed by atoms with Crippen molar-refractivity contribution in [2.24, 2.45) is 0 Å². The first-order valence-electron chi connectivity index (χ1n) is 6.64. The van der Waals surface area contributed by atoms with Gasteiger partial charge in [-0.3, -0.25) is 10.1 Å². The van der Waals surface area contributed by atoms with E-state index in [9.17, 15) is 4.39 Å². The summed E-state index contributed by atoms with van der Waals surface area (Å²) in [6.07, 6.45) is 3.84. The number of aromatic nitrogens is 3. The third kappa shape index (κ3) is 2.94. The molecule has 0 aliphatic heterocycles. The molecule has 0 bridgehead atoms. The molecule has 3 rings (SSSR count). The lowest BCUT2D eigenvalue weighted by Gasteiger charge is -2.04. The van der Waals surface area contributed by atoms with Gasteiger partial charge in [-0.2, -0.15) is 5.10 Å². The van der Waals surface area contributed by atoms with E-state index in [4.69, 9.17) is 16.3 Å². The largest absolute Gasteiger partial charge is 0.494 e. The highest BCUT2D eigenvalue weighted by molar-refractivity contribution is 6.33. The summed E-state index contributed by atoms with van der Waals surface area (Å²) in [6.45, 7) is 0. The van der Waals surface area contributed by atoms with Crippen molar-refractivity contribution >= 4 is 11.6 Å². The van der Waals surface area contributed by atoms with Gasteiger partial charge < -0.3 is 4.74 Å². The van der Waals surface area contributed by atoms with Crippen LogP contribution in [0.2, 0.25) is 5.02 Å². The maximum absolute atomic E-state index is 13.4. The average Bonchev–Trinajstić information content (AvgIpc) is 2.98. The number of pyridine rings is 1. The highest BCUT2D eigenvalue weighted by atomic mass is 35.5. The molecule has 6 heteroatoms. The Labute approximate surface area is 131 Å². The lowest BCUT2D eigenvalue weighted by Crippen LogP contribution is -1.93. The Balaban J connectivity index is 1.84. The van der Waals surface area contributed by atoms with E-state index in [0.29, 0.717) is 11.4 Å². The first-order valence-corrected chi connectivity index (χ1v) is 7.02. The summed E-state index contributed by atoms with van der Waals surface area (Å²) in [4.78, 5) is 3.95. The van der Waals surface area contributed by atoms with E-state index in [1.54, 1.807) is 24.5 Å². The van der Waals surface area contributed by atoms with Crippen LogP contribution in [0.25, 0.3) is 11.3 Å². The summed E-state index contributed by atoms with van der Waals surface area (Å²) in [5.74, 6) is -0.144. The van der Waals surface area contributed by atoms with Crippen molar-refractivity contribution in [1.29, 1.82) is 0 Å². The van der Waals surface area contributed by atoms with Gasteiger partial charge in [0.05, 0.1) is 17.8 Å². The van der Waals surface area contributed by atoms with Crippen LogP contribution < -0.4 is 4.74 Å². The van der Waals surface area contributed by atoms with Gasteiger partial charge in [0.1, 0.15) is 0 Å². The number of nitrogens with one attached hydrogen (secondary N) is 1. The molecule has 0 amide bonds. The second-order valence-electron chi connectivity index (χ2n) is 4.78. The van der Waals surface area contributed by atoms with E-state index in [-0.39, 0.29) is 11.6 Å². The second kappa shape index (κ2) is 6.15. The molecule has 3 aromatic rings. The third-order valence-corrected chi connectivity index (χ3v) is 3.59. The molecule has 0 spiro atoms. The molecule has 0 unspecified atom stereocenters. The SMILES string of the molecule is COc1cc(Cc2cc(-c3ccncc3Cl)n[nH]2)ccc1F. The summed E-state index contributed by atoms with van der Waals surface area (Å²) in [5, 5.41) is 7.77. The number of rotatable bonds is 4. The van der Waals surface area contributed by atoms with Gasteiger partial charge in [0.2, 0.25) is 0 Å². The Kier molecular flexibility index (Phi) is 4.06. The zero-order chi connectivity index (χ0) is 15.5. The number of nitrogens with zero attached hydrogens (tertiary/aromatic N) is 2. The van der Waals surface area contributed by atoms with Gasteiger partial charge in [0.15, 0.2) is 11.6 Å². The number of hydrogen-bond donors (Lipinski definition) is 1. The maximum Gasteiger partial charge on any atom is 0.165 e. The monoisotopic (exact) mass is 317 g/mol. The van der Waals surface area contributed by atoms with Gasteiger partial charge >= 0.3 is 0 Å². The smallest absolute Gasteiger partial charge is 0.165 e. The predicted molar refractivity (Wildman–Crippen MR) is 82.6 cm³/mol. The number of hydrogen-bond acceptors (Lipinski definition) is 3. The normalized spacial score (nSPS) is 10.7. The van der Waals surface area contributed by atoms with Crippen LogP contribution >= 0.6 is 11.6 Å². The molecule has 0 aliphatic rings. The Morgan fingerprint density at radius 3 is 2.91 bits per heavy atom. The van der Waals surface area contributed by atoms with Gasteiger partial charge in [-0.1, -0.05) is 17.7 Å². The molecule has 2 aromatic heterocycles. The van der Waals surface area contributed by atoms with Crippen LogP contribution in [-0.4, -0.2) is 22.3 Å². The van der Waals surface area contributed by atoms with Crippen LogP contribution in [-0.2, 0) is 6.42 Å². The summed E-state index contributed by atoms with van der Waals surface area (Å²) < 4.78 is 18.4. The highest BCUT2D eigenvalue weighted by Crippen LogP contribution is 2.26. The predicted octanol–water partition coefficient (Wildman–Crippen LogP) is 3.86. The molecular weight excluding hydrogens is 305 g/mol. The van der Waals surface area contributed by atoms with Crippen LogP contribution in [0.5, 0.6) is 5.75 Å². The quantitative estimate of drug-likeness (QED) is 0.795. The Morgan fingerprint density at radius 1 is 1.27 bits per heavy atom. The minimum Gasteiger partial charge on any atom is -0.494 e. The molecule has 1 N–H and O–H groups in total. The second-order valence-corrected chi connectivity index (χ2v) is 5.19. The molecule has 22 heavy (non-hydrogen) atoms. The van der Waals surface area contributed by atoms with E-state index >= 15 is 0 Å². The van der Waals surface area contributed by atoms with Crippen LogP contribution in [0.15, 0.2) is 42.7 Å². The van der Waals surface area contributed by atoms with Crippen molar-refractivity contribution in [1.82, 2.24) is 15.2 Å². The van der Waals surface area contributed by atoms with Crippen molar-refractivity contribution in [2.45, 2.75) is 6.42 Å². The van der Waals surface area contributed by atoms with Gasteiger partial charge in [-0.25, -0.2) is 4.39 Å². The molecule has 0 fully saturated rings. The van der Waals surface area contributed by atoms with Gasteiger partial charge in [-0.05, 0) is 29.8 Å². The first-order chi connectivity index (χ1) is 10.7. The summed E-state index contributed by atoms with van der Waals surface area (Å²) in [6, 6.07) is 8.51. The summed E-state index contributed by atoms with van der Waals surface area (Å²) in [5.41, 5.74) is 3.39. The van der Waals surface area contributed by atoms with E-state index in [0.717, 1.165) is 22.5 Å². The molecule has 0 saturated carbocycles. The molecular formula is C16H13ClFN3O. The van der Waals surface area contributed by atoms with Crippen molar-refractivity contribution in [3.05, 3.63) is 64.8 Å². The first kappa shape index (κ1) is 14.5. The summed E-state index contributed by atoms with van der Waals surface area (Å²) in [7, 11) is 1.45. The number of halogens is 2. The molecule has 1 aromatic carbocycles. The number of aromatic amines is 1. The third-order valence-electron chi connectivity index (χ3n) is 3.29. The van der Waals surface area contributed by atoms with Crippen molar-refractivity contribution in [3.8, 4) is 17.0 Å². The highest BCUT2D eigenvalue weighted by Gasteiger charge is 2.09. The number of methoxy groups -OCH3 is 1. The number of ether oxygens (including phenoxy) is 1. The topological polar surface area (TPSA) is 50.8 Å². The van der Waals surface area contributed by atoms with Crippen LogP contribution in [0.3, 0.4) is 0 Å². The molecule has 0 aliphatic carbocycles. The van der Waals surface area contributed by atoms with E-state index < -0.39 is 0 Å². The van der Waals surface area contributed by atoms with Gasteiger partial charge in [0, 0.05) is 30.1 Å². The molecule has 0 radical (unpaired) electrons. The molecule has 112 valence electrons. The van der Waals surface area contributed by atoms with E-state index in [2.05, 4.69) is 15.2 Å². The van der Waals surface area contributed by atoms with E-state index in [1.165, 1.54) is 13.2 Å². The Hall–Kier alpha value is -2.40. The molecule has 0 saturated heterocycles. The van der Waals surface area contributed by atoms with Crippen LogP contribution in [0, 0.1) is 5.82 Å². The van der Waals surface area contributed by atoms with Crippen LogP contribution in [0.1, 0.15) is 11.3 Å². The molecule has 0 atom stereocenters. The zero-order valence-electron chi connectivity index (χ0n) is 11.8. The fourth-order valence-electron chi connectivity index (χ4n) is 2.21. The van der Waals surface area contributed by atoms with Crippen molar-refractivity contribution in [3.63, 3.8) is 0 Å². The molecule has 2 heterocycles. The fraction of sp³-hybridized carbons (Fsp3) is 0.125. The Morgan fingerprint density at radius 2 is 2.14 bits per heavy atom. The zero-order valence-corrected chi connectivity index (χ0v) is 12.6. The Bertz CT molecular complexity index is 804. The van der Waals surface area contributed by atoms with Crippen molar-refractivity contribution < 1.29 is 9.13 Å². The molecule has 4 nitrogen and oxygen atoms in total. The standard InChI is InChI=1S/C16H13ClFN3O/c1-22-16-7-10(2-3-14(16)18)6-11-8-15(21-20-11)12-4-5-19-9-13(12)17/h2-5,7-9H,6H2,1H3,(H,20,21). The maximum atomic E-state index is 13.4. The minimum absolute atomic E-state index is 0.231. The lowest BCUT2D eigenvalue weighted by molar-refractivity contribution is 0.386. The minimum atomic E-state index is -0.375. The van der Waals surface area contributed by atoms with Gasteiger partial charge in [-0.15, -0.1) is 0 Å². The van der Waals surface area contributed by atoms with Gasteiger partial charge in [0.25, 0.3) is 0 Å². The van der Waals surface area contributed by atoms with Crippen molar-refractivity contribution in [2.75, 3.05) is 7.11 Å². The number of benzene rings is 1. The van der Waals surface area contributed by atoms with Crippen LogP contribution in [0.4, 0.5) is 4.39 Å². The van der Waals surface area contributed by atoms with E-state index in [1.807, 2.05) is 12.1 Å². The summed E-state index contributed by atoms with van der Waals surface area (Å²) >= 11 is 6.11. The lowest BCUT2D eigenvalue weighted by atomic mass is 10.1.